The summed E-state index contributed by atoms with van der Waals surface area (Å²) in [7, 11) is 0.500. The summed E-state index contributed by atoms with van der Waals surface area (Å²) in [5.74, 6) is 0. The van der Waals surface area contributed by atoms with Crippen LogP contribution in [0.3, 0.4) is 0 Å². The monoisotopic (exact) mass is 86.0 g/mol. The number of rotatable bonds is 0. The number of alkyl halides is 3. The van der Waals surface area contributed by atoms with Gasteiger partial charge in [0.2, 0.25) is 6.93 Å². The van der Waals surface area contributed by atoms with E-state index in [0.29, 0.717) is 7.18 Å². The van der Waals surface area contributed by atoms with Crippen LogP contribution < -0.4 is 0 Å². The number of hydrogen-bond donors (Lipinski definition) is 0. The Morgan fingerprint density at radius 1 is 1.20 bits per heavy atom. The second-order valence-corrected chi connectivity index (χ2v) is 0.101. The molecule has 0 unspecified atom stereocenters. The fourth-order valence-corrected chi connectivity index (χ4v) is 0. The van der Waals surface area contributed by atoms with Crippen molar-refractivity contribution in [2.24, 2.45) is 0 Å². The number of halogens is 3. The zero-order chi connectivity index (χ0) is 4.71. The summed E-state index contributed by atoms with van der Waals surface area (Å²) in [6, 6.07) is 0. The van der Waals surface area contributed by atoms with Crippen LogP contribution in [0.5, 0.6) is 0 Å². The first kappa shape index (κ1) is 8.84. The maximum atomic E-state index is 9.62. The van der Waals surface area contributed by atoms with Crippen molar-refractivity contribution >= 4 is 0 Å². The van der Waals surface area contributed by atoms with E-state index in [1.54, 1.807) is 0 Å². The minimum Gasteiger partial charge on any atom is -0.255 e. The van der Waals surface area contributed by atoms with E-state index in [9.17, 15) is 13.2 Å². The molecule has 0 amide bonds. The lowest BCUT2D eigenvalue weighted by molar-refractivity contribution is 0.295. The standard InChI is InChI=1S/CH2F2.CH3F/c2-1-3;1-2/h1H2;1H3. The first-order chi connectivity index (χ1) is 2.41. The third-order valence-corrected chi connectivity index (χ3v) is 0. The summed E-state index contributed by atoms with van der Waals surface area (Å²) in [5.41, 5.74) is 0. The second-order valence-electron chi connectivity index (χ2n) is 0.101. The molecule has 0 bridgehead atoms. The maximum Gasteiger partial charge on any atom is 0.229 e. The molecule has 0 aliphatic heterocycles. The minimum absolute atomic E-state index is 0.500. The second kappa shape index (κ2) is 47.3. The lowest BCUT2D eigenvalue weighted by atomic mass is 11.7. The molecule has 3 heteroatoms. The van der Waals surface area contributed by atoms with Crippen LogP contribution in [0, 0.1) is 0 Å². The van der Waals surface area contributed by atoms with E-state index in [4.69, 9.17) is 0 Å². The topological polar surface area (TPSA) is 0 Å². The van der Waals surface area contributed by atoms with E-state index in [-0.39, 0.29) is 0 Å². The van der Waals surface area contributed by atoms with E-state index < -0.39 is 6.93 Å². The van der Waals surface area contributed by atoms with Crippen LogP contribution in [0.4, 0.5) is 13.2 Å². The van der Waals surface area contributed by atoms with Crippen molar-refractivity contribution < 1.29 is 13.2 Å². The van der Waals surface area contributed by atoms with Crippen LogP contribution in [-0.2, 0) is 0 Å². The molecule has 0 atom stereocenters. The van der Waals surface area contributed by atoms with Crippen molar-refractivity contribution in [1.82, 2.24) is 0 Å². The molecule has 0 saturated heterocycles. The zero-order valence-electron chi connectivity index (χ0n) is 2.84. The molecular weight excluding hydrogens is 81.0 g/mol. The summed E-state index contributed by atoms with van der Waals surface area (Å²) in [6.45, 7) is -1.75. The molecule has 0 aromatic rings. The lowest BCUT2D eigenvalue weighted by Gasteiger charge is -1.42. The molecular formula is C2H5F3. The Morgan fingerprint density at radius 3 is 1.20 bits per heavy atom. The quantitative estimate of drug-likeness (QED) is 0.418. The SMILES string of the molecule is CF.FCF. The van der Waals surface area contributed by atoms with Crippen LogP contribution in [0.2, 0.25) is 0 Å². The van der Waals surface area contributed by atoms with Gasteiger partial charge in [0, 0.05) is 0 Å². The summed E-state index contributed by atoms with van der Waals surface area (Å²) >= 11 is 0. The first-order valence-corrected chi connectivity index (χ1v) is 0.912. The highest BCUT2D eigenvalue weighted by Gasteiger charge is 1.44. The summed E-state index contributed by atoms with van der Waals surface area (Å²) in [6.07, 6.45) is 0. The van der Waals surface area contributed by atoms with Gasteiger partial charge in [-0.05, 0) is 0 Å². The average Bonchev–Trinajstić information content (AvgIpc) is 1.46. The van der Waals surface area contributed by atoms with E-state index in [1.165, 1.54) is 0 Å². The largest absolute Gasteiger partial charge is 0.255 e. The van der Waals surface area contributed by atoms with E-state index in [1.807, 2.05) is 0 Å². The molecule has 0 aromatic heterocycles. The fraction of sp³-hybridized carbons (Fsp3) is 1.00. The molecule has 0 aromatic carbocycles. The molecule has 0 rings (SSSR count). The van der Waals surface area contributed by atoms with Gasteiger partial charge in [0.15, 0.2) is 0 Å². The van der Waals surface area contributed by atoms with Gasteiger partial charge in [-0.2, -0.15) is 0 Å². The van der Waals surface area contributed by atoms with Gasteiger partial charge in [0.05, 0.1) is 7.18 Å². The van der Waals surface area contributed by atoms with Crippen molar-refractivity contribution in [3.05, 3.63) is 0 Å². The highest BCUT2D eigenvalue weighted by molar-refractivity contribution is 3.57. The first-order valence-electron chi connectivity index (χ1n) is 0.912. The van der Waals surface area contributed by atoms with Crippen LogP contribution in [0.15, 0.2) is 0 Å². The summed E-state index contributed by atoms with van der Waals surface area (Å²) in [4.78, 5) is 0. The summed E-state index contributed by atoms with van der Waals surface area (Å²) < 4.78 is 28.8. The maximum absolute atomic E-state index is 9.62. The molecule has 0 saturated carbocycles. The Kier molecular flexibility index (Phi) is 83.6. The van der Waals surface area contributed by atoms with E-state index in [2.05, 4.69) is 0 Å². The fourth-order valence-electron chi connectivity index (χ4n) is 0. The Hall–Kier alpha value is -0.210. The van der Waals surface area contributed by atoms with Crippen LogP contribution in [0.25, 0.3) is 0 Å². The average molecular weight is 86.1 g/mol. The molecule has 34 valence electrons. The van der Waals surface area contributed by atoms with Crippen LogP contribution in [0.1, 0.15) is 0 Å². The zero-order valence-corrected chi connectivity index (χ0v) is 2.84. The molecule has 5 heavy (non-hydrogen) atoms. The Bertz CT molecular complexity index is 4.85. The molecule has 0 nitrogen and oxygen atoms in total. The van der Waals surface area contributed by atoms with E-state index >= 15 is 0 Å². The van der Waals surface area contributed by atoms with Gasteiger partial charge >= 0.3 is 0 Å². The third kappa shape index (κ3) is 275. The molecule has 0 fully saturated rings. The summed E-state index contributed by atoms with van der Waals surface area (Å²) in [5, 5.41) is 0. The predicted molar refractivity (Wildman–Crippen MR) is 14.1 cm³/mol. The van der Waals surface area contributed by atoms with Crippen molar-refractivity contribution in [2.75, 3.05) is 14.1 Å². The lowest BCUT2D eigenvalue weighted by Crippen LogP contribution is -1.34. The van der Waals surface area contributed by atoms with Crippen molar-refractivity contribution in [3.8, 4) is 0 Å². The van der Waals surface area contributed by atoms with Crippen molar-refractivity contribution in [2.45, 2.75) is 0 Å². The van der Waals surface area contributed by atoms with Gasteiger partial charge in [-0.25, -0.2) is 8.78 Å². The van der Waals surface area contributed by atoms with Crippen molar-refractivity contribution in [1.29, 1.82) is 0 Å². The highest BCUT2D eigenvalue weighted by atomic mass is 19.3. The van der Waals surface area contributed by atoms with Gasteiger partial charge in [-0.15, -0.1) is 0 Å². The van der Waals surface area contributed by atoms with Gasteiger partial charge < -0.3 is 0 Å². The van der Waals surface area contributed by atoms with Crippen molar-refractivity contribution in [3.63, 3.8) is 0 Å². The Labute approximate surface area is 28.6 Å². The molecule has 0 N–H and O–H groups in total. The normalized spacial score (nSPS) is 4.80. The molecule has 0 radical (unpaired) electrons. The van der Waals surface area contributed by atoms with Gasteiger partial charge in [-0.1, -0.05) is 0 Å². The Balaban J connectivity index is 0. The highest BCUT2D eigenvalue weighted by Crippen LogP contribution is 1.56. The van der Waals surface area contributed by atoms with Gasteiger partial charge in [-0.3, -0.25) is 4.39 Å². The third-order valence-electron chi connectivity index (χ3n) is 0. The minimum atomic E-state index is -1.75. The molecule has 0 aliphatic rings. The number of hydrogen-bond acceptors (Lipinski definition) is 0. The van der Waals surface area contributed by atoms with E-state index in [0.717, 1.165) is 0 Å². The van der Waals surface area contributed by atoms with Crippen LogP contribution >= 0.6 is 0 Å². The Morgan fingerprint density at radius 2 is 1.20 bits per heavy atom. The smallest absolute Gasteiger partial charge is 0.229 e. The molecule has 0 heterocycles. The van der Waals surface area contributed by atoms with Gasteiger partial charge in [0.25, 0.3) is 0 Å². The predicted octanol–water partition coefficient (Wildman–Crippen LogP) is 1.47. The molecule has 0 aliphatic carbocycles. The van der Waals surface area contributed by atoms with Gasteiger partial charge in [0.1, 0.15) is 0 Å². The van der Waals surface area contributed by atoms with Crippen LogP contribution in [-0.4, -0.2) is 14.1 Å². The molecule has 0 spiro atoms.